The molecule has 0 spiro atoms. The number of amides is 1. The molecule has 1 N–H and O–H groups in total. The van der Waals surface area contributed by atoms with Gasteiger partial charge in [-0.2, -0.15) is 0 Å². The first-order valence-corrected chi connectivity index (χ1v) is 12.7. The molecule has 0 radical (unpaired) electrons. The van der Waals surface area contributed by atoms with Crippen LogP contribution in [-0.4, -0.2) is 68.9 Å². The number of ether oxygens (including phenoxy) is 1. The number of likely N-dealkylation sites (tertiary alicyclic amines) is 1. The summed E-state index contributed by atoms with van der Waals surface area (Å²) in [7, 11) is 0. The van der Waals surface area contributed by atoms with Crippen LogP contribution in [0.25, 0.3) is 11.0 Å². The van der Waals surface area contributed by atoms with Gasteiger partial charge >= 0.3 is 12.3 Å². The highest BCUT2D eigenvalue weighted by molar-refractivity contribution is 5.85. The number of carboxylic acids is 1. The van der Waals surface area contributed by atoms with Crippen LogP contribution in [0.2, 0.25) is 0 Å². The molecular formula is C27H30ClF3N4O4. The Bertz CT molecular complexity index is 1340. The number of piperidine rings is 1. The lowest BCUT2D eigenvalue weighted by Gasteiger charge is -2.34. The standard InChI is InChI=1S/C27H29F3N4O4.ClH/c28-27(29,30)38-20-4-1-3-19(13-20)15-34-23-16-33(12-8-21(23)22-5-2-9-31-26(22)34)24(35)17-32-10-6-18(7-11-32)14-25(36)37;/h1-5,9,13,18H,6-8,10-12,14-17H2,(H,36,37);1H. The molecule has 1 saturated heterocycles. The quantitative estimate of drug-likeness (QED) is 0.454. The van der Waals surface area contributed by atoms with Gasteiger partial charge in [0.05, 0.1) is 13.1 Å². The number of aromatic nitrogens is 2. The van der Waals surface area contributed by atoms with Gasteiger partial charge in [-0.15, -0.1) is 25.6 Å². The van der Waals surface area contributed by atoms with Crippen LogP contribution < -0.4 is 4.74 Å². The van der Waals surface area contributed by atoms with Gasteiger partial charge in [-0.25, -0.2) is 4.98 Å². The lowest BCUT2D eigenvalue weighted by molar-refractivity contribution is -0.274. The Labute approximate surface area is 229 Å². The van der Waals surface area contributed by atoms with E-state index >= 15 is 0 Å². The Balaban J connectivity index is 0.00000353. The van der Waals surface area contributed by atoms with Crippen LogP contribution in [0.4, 0.5) is 13.2 Å². The third-order valence-corrected chi connectivity index (χ3v) is 7.37. The van der Waals surface area contributed by atoms with Crippen molar-refractivity contribution in [1.29, 1.82) is 0 Å². The van der Waals surface area contributed by atoms with Crippen LogP contribution in [-0.2, 0) is 29.1 Å². The number of alkyl halides is 3. The Morgan fingerprint density at radius 2 is 1.87 bits per heavy atom. The average Bonchev–Trinajstić information content (AvgIpc) is 3.17. The minimum atomic E-state index is -4.77. The molecule has 8 nitrogen and oxygen atoms in total. The molecule has 3 aromatic rings. The number of fused-ring (bicyclic) bond motifs is 3. The molecule has 0 bridgehead atoms. The molecule has 1 fully saturated rings. The molecule has 5 rings (SSSR count). The fourth-order valence-electron chi connectivity index (χ4n) is 5.55. The number of benzene rings is 1. The third-order valence-electron chi connectivity index (χ3n) is 7.37. The maximum absolute atomic E-state index is 13.2. The van der Waals surface area contributed by atoms with Crippen molar-refractivity contribution in [2.24, 2.45) is 5.92 Å². The van der Waals surface area contributed by atoms with Gasteiger partial charge in [-0.1, -0.05) is 12.1 Å². The summed E-state index contributed by atoms with van der Waals surface area (Å²) in [6, 6.07) is 9.75. The number of nitrogens with zero attached hydrogens (tertiary/aromatic N) is 4. The second kappa shape index (κ2) is 11.8. The highest BCUT2D eigenvalue weighted by atomic mass is 35.5. The molecule has 0 unspecified atom stereocenters. The van der Waals surface area contributed by atoms with Crippen LogP contribution in [0.5, 0.6) is 5.75 Å². The Kier molecular flexibility index (Phi) is 8.70. The number of rotatable bonds is 7. The zero-order valence-electron chi connectivity index (χ0n) is 21.2. The van der Waals surface area contributed by atoms with Crippen molar-refractivity contribution in [3.63, 3.8) is 0 Å². The molecule has 2 aliphatic rings. The van der Waals surface area contributed by atoms with Crippen LogP contribution in [0.1, 0.15) is 36.1 Å². The van der Waals surface area contributed by atoms with Gasteiger partial charge in [0.25, 0.3) is 0 Å². The molecular weight excluding hydrogens is 537 g/mol. The van der Waals surface area contributed by atoms with Gasteiger partial charge in [0.2, 0.25) is 5.91 Å². The van der Waals surface area contributed by atoms with E-state index in [4.69, 9.17) is 5.11 Å². The maximum Gasteiger partial charge on any atom is 0.573 e. The zero-order chi connectivity index (χ0) is 26.9. The number of carbonyl (C=O) groups is 2. The van der Waals surface area contributed by atoms with E-state index in [1.807, 2.05) is 21.6 Å². The second-order valence-corrected chi connectivity index (χ2v) is 9.96. The van der Waals surface area contributed by atoms with E-state index in [0.717, 1.165) is 35.1 Å². The topological polar surface area (TPSA) is 87.9 Å². The second-order valence-electron chi connectivity index (χ2n) is 9.96. The molecule has 1 amide bonds. The van der Waals surface area contributed by atoms with Crippen molar-refractivity contribution in [3.05, 3.63) is 59.4 Å². The minimum Gasteiger partial charge on any atom is -0.481 e. The molecule has 4 heterocycles. The number of aliphatic carboxylic acids is 1. The maximum atomic E-state index is 13.2. The highest BCUT2D eigenvalue weighted by Gasteiger charge is 2.32. The van der Waals surface area contributed by atoms with E-state index in [-0.39, 0.29) is 49.5 Å². The Morgan fingerprint density at radius 1 is 1.10 bits per heavy atom. The minimum absolute atomic E-state index is 0. The lowest BCUT2D eigenvalue weighted by Crippen LogP contribution is -2.45. The van der Waals surface area contributed by atoms with Crippen molar-refractivity contribution in [2.45, 2.75) is 45.1 Å². The average molecular weight is 567 g/mol. The van der Waals surface area contributed by atoms with Gasteiger partial charge < -0.3 is 19.3 Å². The highest BCUT2D eigenvalue weighted by Crippen LogP contribution is 2.32. The van der Waals surface area contributed by atoms with Crippen LogP contribution in [0.15, 0.2) is 42.6 Å². The fourth-order valence-corrected chi connectivity index (χ4v) is 5.55. The Hall–Kier alpha value is -3.31. The molecule has 39 heavy (non-hydrogen) atoms. The summed E-state index contributed by atoms with van der Waals surface area (Å²) in [6.07, 6.45) is -0.730. The summed E-state index contributed by atoms with van der Waals surface area (Å²) in [5.74, 6) is -0.900. The third kappa shape index (κ3) is 6.83. The number of pyridine rings is 1. The van der Waals surface area contributed by atoms with Gasteiger partial charge in [0, 0.05) is 36.8 Å². The first kappa shape index (κ1) is 28.7. The van der Waals surface area contributed by atoms with Crippen LogP contribution >= 0.6 is 12.4 Å². The monoisotopic (exact) mass is 566 g/mol. The van der Waals surface area contributed by atoms with Gasteiger partial charge in [-0.3, -0.25) is 14.5 Å². The number of hydrogen-bond donors (Lipinski definition) is 1. The first-order valence-electron chi connectivity index (χ1n) is 12.7. The predicted octanol–water partition coefficient (Wildman–Crippen LogP) is 4.48. The Morgan fingerprint density at radius 3 is 2.59 bits per heavy atom. The van der Waals surface area contributed by atoms with E-state index in [2.05, 4.69) is 14.6 Å². The summed E-state index contributed by atoms with van der Waals surface area (Å²) in [5.41, 5.74) is 3.40. The van der Waals surface area contributed by atoms with E-state index in [1.54, 1.807) is 12.3 Å². The zero-order valence-corrected chi connectivity index (χ0v) is 22.0. The number of carboxylic acid groups (broad SMARTS) is 1. The van der Waals surface area contributed by atoms with E-state index in [0.29, 0.717) is 38.2 Å². The SMILES string of the molecule is Cl.O=C(O)CC1CCN(CC(=O)N2CCc3c(n(Cc4cccc(OC(F)(F)F)c4)c4ncccc34)C2)CC1. The number of carbonyl (C=O) groups excluding carboxylic acids is 1. The molecule has 0 saturated carbocycles. The number of halogens is 4. The molecule has 210 valence electrons. The largest absolute Gasteiger partial charge is 0.573 e. The molecule has 2 aliphatic heterocycles. The summed E-state index contributed by atoms with van der Waals surface area (Å²) in [5, 5.41) is 10.0. The summed E-state index contributed by atoms with van der Waals surface area (Å²) in [6.45, 7) is 2.93. The normalized spacial score (nSPS) is 16.5. The molecule has 0 aliphatic carbocycles. The predicted molar refractivity (Wildman–Crippen MR) is 140 cm³/mol. The smallest absolute Gasteiger partial charge is 0.481 e. The van der Waals surface area contributed by atoms with Gasteiger partial charge in [0.1, 0.15) is 11.4 Å². The summed E-state index contributed by atoms with van der Waals surface area (Å²) < 4.78 is 44.3. The van der Waals surface area contributed by atoms with Crippen molar-refractivity contribution < 1.29 is 32.6 Å². The summed E-state index contributed by atoms with van der Waals surface area (Å²) in [4.78, 5) is 32.7. The van der Waals surface area contributed by atoms with E-state index in [9.17, 15) is 22.8 Å². The first-order chi connectivity index (χ1) is 18.2. The van der Waals surface area contributed by atoms with E-state index in [1.165, 1.54) is 18.2 Å². The van der Waals surface area contributed by atoms with Gasteiger partial charge in [-0.05, 0) is 73.7 Å². The van der Waals surface area contributed by atoms with Crippen molar-refractivity contribution in [2.75, 3.05) is 26.2 Å². The fraction of sp³-hybridized carbons (Fsp3) is 0.444. The van der Waals surface area contributed by atoms with Crippen LogP contribution in [0, 0.1) is 5.92 Å². The summed E-state index contributed by atoms with van der Waals surface area (Å²) >= 11 is 0. The van der Waals surface area contributed by atoms with Crippen LogP contribution in [0.3, 0.4) is 0 Å². The van der Waals surface area contributed by atoms with Gasteiger partial charge in [0.15, 0.2) is 0 Å². The lowest BCUT2D eigenvalue weighted by atomic mass is 9.93. The molecule has 1 aromatic carbocycles. The van der Waals surface area contributed by atoms with Crippen molar-refractivity contribution in [1.82, 2.24) is 19.4 Å². The van der Waals surface area contributed by atoms with Crippen molar-refractivity contribution >= 4 is 35.3 Å². The molecule has 12 heteroatoms. The molecule has 0 atom stereocenters. The molecule has 2 aromatic heterocycles. The number of hydrogen-bond acceptors (Lipinski definition) is 5. The van der Waals surface area contributed by atoms with E-state index < -0.39 is 12.3 Å². The van der Waals surface area contributed by atoms with Crippen molar-refractivity contribution in [3.8, 4) is 5.75 Å².